The van der Waals surface area contributed by atoms with Gasteiger partial charge in [0.1, 0.15) is 5.69 Å². The van der Waals surface area contributed by atoms with Crippen LogP contribution in [0.5, 0.6) is 0 Å². The molecule has 1 aliphatic rings. The van der Waals surface area contributed by atoms with Crippen molar-refractivity contribution in [2.24, 2.45) is 0 Å². The van der Waals surface area contributed by atoms with Crippen molar-refractivity contribution in [2.75, 3.05) is 19.6 Å². The molecule has 0 spiro atoms. The highest BCUT2D eigenvalue weighted by Gasteiger charge is 2.25. The molecule has 2 amide bonds. The summed E-state index contributed by atoms with van der Waals surface area (Å²) in [5.41, 5.74) is 0.484. The minimum Gasteiger partial charge on any atom is -0.353 e. The van der Waals surface area contributed by atoms with Crippen molar-refractivity contribution in [1.82, 2.24) is 15.2 Å². The van der Waals surface area contributed by atoms with Crippen LogP contribution in [0.4, 0.5) is 0 Å². The minimum atomic E-state index is -0.142. The van der Waals surface area contributed by atoms with Crippen molar-refractivity contribution in [2.45, 2.75) is 13.8 Å². The van der Waals surface area contributed by atoms with E-state index in [2.05, 4.69) is 10.3 Å². The second kappa shape index (κ2) is 4.21. The second-order valence-electron chi connectivity index (χ2n) is 3.71. The molecule has 86 valence electrons. The van der Waals surface area contributed by atoms with E-state index in [1.165, 1.54) is 11.3 Å². The number of nitrogens with zero attached hydrogens (tertiary/aromatic N) is 2. The molecule has 2 rings (SSSR count). The number of carbonyl (C=O) groups is 2. The first-order valence-electron chi connectivity index (χ1n) is 5.08. The Hall–Kier alpha value is -1.43. The van der Waals surface area contributed by atoms with Gasteiger partial charge < -0.3 is 10.2 Å². The number of rotatable bonds is 1. The van der Waals surface area contributed by atoms with Gasteiger partial charge in [0.15, 0.2) is 0 Å². The number of amides is 2. The maximum absolute atomic E-state index is 12.1. The molecule has 1 saturated heterocycles. The van der Waals surface area contributed by atoms with E-state index in [9.17, 15) is 9.59 Å². The Labute approximate surface area is 97.5 Å². The van der Waals surface area contributed by atoms with Crippen LogP contribution in [-0.2, 0) is 4.79 Å². The Morgan fingerprint density at radius 2 is 2.25 bits per heavy atom. The van der Waals surface area contributed by atoms with Crippen LogP contribution in [0.3, 0.4) is 0 Å². The van der Waals surface area contributed by atoms with Gasteiger partial charge in [0.25, 0.3) is 5.91 Å². The summed E-state index contributed by atoms with van der Waals surface area (Å²) in [6.07, 6.45) is 0. The lowest BCUT2D eigenvalue weighted by Gasteiger charge is -2.26. The Morgan fingerprint density at radius 1 is 1.50 bits per heavy atom. The molecule has 0 unspecified atom stereocenters. The van der Waals surface area contributed by atoms with Crippen molar-refractivity contribution in [3.63, 3.8) is 0 Å². The van der Waals surface area contributed by atoms with Crippen LogP contribution < -0.4 is 5.32 Å². The number of aryl methyl sites for hydroxylation is 2. The van der Waals surface area contributed by atoms with Crippen LogP contribution in [-0.4, -0.2) is 41.3 Å². The largest absolute Gasteiger partial charge is 0.353 e. The molecule has 6 heteroatoms. The van der Waals surface area contributed by atoms with Crippen LogP contribution in [0, 0.1) is 13.8 Å². The third kappa shape index (κ3) is 2.06. The number of hydrogen-bond donors (Lipinski definition) is 1. The Bertz CT molecular complexity index is 441. The van der Waals surface area contributed by atoms with Gasteiger partial charge in [-0.25, -0.2) is 4.98 Å². The Balaban J connectivity index is 2.18. The van der Waals surface area contributed by atoms with Crippen LogP contribution >= 0.6 is 11.3 Å². The number of piperazine rings is 1. The summed E-state index contributed by atoms with van der Waals surface area (Å²) in [5, 5.41) is 3.56. The zero-order valence-corrected chi connectivity index (χ0v) is 10.1. The van der Waals surface area contributed by atoms with Crippen molar-refractivity contribution in [1.29, 1.82) is 0 Å². The topological polar surface area (TPSA) is 62.3 Å². The quantitative estimate of drug-likeness (QED) is 0.768. The predicted octanol–water partition coefficient (Wildman–Crippen LogP) is 0.332. The molecule has 16 heavy (non-hydrogen) atoms. The summed E-state index contributed by atoms with van der Waals surface area (Å²) in [5.74, 6) is -0.249. The van der Waals surface area contributed by atoms with E-state index in [1.54, 1.807) is 4.90 Å². The van der Waals surface area contributed by atoms with Gasteiger partial charge >= 0.3 is 0 Å². The van der Waals surface area contributed by atoms with Gasteiger partial charge in [-0.05, 0) is 13.8 Å². The average Bonchev–Trinajstić information content (AvgIpc) is 2.57. The molecule has 5 nitrogen and oxygen atoms in total. The van der Waals surface area contributed by atoms with E-state index in [0.29, 0.717) is 18.8 Å². The van der Waals surface area contributed by atoms with Crippen molar-refractivity contribution >= 4 is 23.2 Å². The van der Waals surface area contributed by atoms with Gasteiger partial charge in [0.05, 0.1) is 11.6 Å². The van der Waals surface area contributed by atoms with Crippen molar-refractivity contribution in [3.8, 4) is 0 Å². The van der Waals surface area contributed by atoms with Gasteiger partial charge in [-0.2, -0.15) is 0 Å². The second-order valence-corrected chi connectivity index (χ2v) is 5.12. The van der Waals surface area contributed by atoms with Gasteiger partial charge in [0, 0.05) is 18.0 Å². The highest BCUT2D eigenvalue weighted by molar-refractivity contribution is 7.11. The zero-order valence-electron chi connectivity index (χ0n) is 9.24. The third-order valence-electron chi connectivity index (χ3n) is 2.43. The van der Waals surface area contributed by atoms with Gasteiger partial charge in [0.2, 0.25) is 5.91 Å². The number of thiazole rings is 1. The van der Waals surface area contributed by atoms with Gasteiger partial charge in [-0.15, -0.1) is 11.3 Å². The zero-order chi connectivity index (χ0) is 11.7. The molecule has 1 N–H and O–H groups in total. The standard InChI is InChI=1S/C10H13N3O2S/c1-6-9(12-7(2)16-6)10(15)13-4-3-11-8(14)5-13/h3-5H2,1-2H3,(H,11,14). The SMILES string of the molecule is Cc1nc(C(=O)N2CCNC(=O)C2)c(C)s1. The van der Waals surface area contributed by atoms with E-state index in [-0.39, 0.29) is 18.4 Å². The number of nitrogens with one attached hydrogen (secondary N) is 1. The van der Waals surface area contributed by atoms with Crippen LogP contribution in [0.15, 0.2) is 0 Å². The molecule has 1 aromatic heterocycles. The van der Waals surface area contributed by atoms with Crippen LogP contribution in [0.1, 0.15) is 20.4 Å². The molecule has 2 heterocycles. The molecule has 1 fully saturated rings. The van der Waals surface area contributed by atoms with E-state index in [1.807, 2.05) is 13.8 Å². The molecule has 0 radical (unpaired) electrons. The highest BCUT2D eigenvalue weighted by atomic mass is 32.1. The average molecular weight is 239 g/mol. The maximum atomic E-state index is 12.1. The lowest BCUT2D eigenvalue weighted by Crippen LogP contribution is -2.50. The number of carbonyl (C=O) groups excluding carboxylic acids is 2. The fraction of sp³-hybridized carbons (Fsp3) is 0.500. The normalized spacial score (nSPS) is 16.1. The summed E-state index contributed by atoms with van der Waals surface area (Å²) >= 11 is 1.50. The summed E-state index contributed by atoms with van der Waals surface area (Å²) in [6, 6.07) is 0. The summed E-state index contributed by atoms with van der Waals surface area (Å²) in [7, 11) is 0. The lowest BCUT2D eigenvalue weighted by molar-refractivity contribution is -0.123. The van der Waals surface area contributed by atoms with Crippen molar-refractivity contribution in [3.05, 3.63) is 15.6 Å². The van der Waals surface area contributed by atoms with Gasteiger partial charge in [-0.1, -0.05) is 0 Å². The molecule has 1 aliphatic heterocycles. The van der Waals surface area contributed by atoms with E-state index in [0.717, 1.165) is 9.88 Å². The fourth-order valence-electron chi connectivity index (χ4n) is 1.69. The summed E-state index contributed by atoms with van der Waals surface area (Å²) in [4.78, 5) is 29.9. The first-order valence-corrected chi connectivity index (χ1v) is 5.89. The third-order valence-corrected chi connectivity index (χ3v) is 3.32. The predicted molar refractivity (Wildman–Crippen MR) is 60.5 cm³/mol. The van der Waals surface area contributed by atoms with E-state index < -0.39 is 0 Å². The molecular formula is C10H13N3O2S. The van der Waals surface area contributed by atoms with Crippen LogP contribution in [0.25, 0.3) is 0 Å². The smallest absolute Gasteiger partial charge is 0.274 e. The fourth-order valence-corrected chi connectivity index (χ4v) is 2.50. The molecule has 0 atom stereocenters. The first kappa shape index (κ1) is 11.1. The van der Waals surface area contributed by atoms with Gasteiger partial charge in [-0.3, -0.25) is 9.59 Å². The van der Waals surface area contributed by atoms with E-state index >= 15 is 0 Å². The summed E-state index contributed by atoms with van der Waals surface area (Å²) < 4.78 is 0. The highest BCUT2D eigenvalue weighted by Crippen LogP contribution is 2.18. The first-order chi connectivity index (χ1) is 7.58. The molecule has 0 aliphatic carbocycles. The molecule has 0 aromatic carbocycles. The molecule has 0 saturated carbocycles. The molecule has 1 aromatic rings. The van der Waals surface area contributed by atoms with Crippen LogP contribution in [0.2, 0.25) is 0 Å². The number of aromatic nitrogens is 1. The van der Waals surface area contributed by atoms with Crippen molar-refractivity contribution < 1.29 is 9.59 Å². The number of hydrogen-bond acceptors (Lipinski definition) is 4. The Kier molecular flexibility index (Phi) is 2.91. The monoisotopic (exact) mass is 239 g/mol. The molecular weight excluding hydrogens is 226 g/mol. The Morgan fingerprint density at radius 3 is 2.81 bits per heavy atom. The minimum absolute atomic E-state index is 0.107. The maximum Gasteiger partial charge on any atom is 0.274 e. The van der Waals surface area contributed by atoms with E-state index in [4.69, 9.17) is 0 Å². The lowest BCUT2D eigenvalue weighted by atomic mass is 10.3. The molecule has 0 bridgehead atoms. The summed E-state index contributed by atoms with van der Waals surface area (Å²) in [6.45, 7) is 4.96.